The first kappa shape index (κ1) is 14.8. The van der Waals surface area contributed by atoms with Crippen molar-refractivity contribution in [2.45, 2.75) is 19.5 Å². The Kier molecular flexibility index (Phi) is 3.74. The monoisotopic (exact) mass is 324 g/mol. The van der Waals surface area contributed by atoms with Gasteiger partial charge in [-0.1, -0.05) is 18.2 Å². The van der Waals surface area contributed by atoms with E-state index in [1.165, 1.54) is 16.8 Å². The van der Waals surface area contributed by atoms with Gasteiger partial charge in [-0.25, -0.2) is 14.1 Å². The summed E-state index contributed by atoms with van der Waals surface area (Å²) >= 11 is 0. The molecule has 0 saturated heterocycles. The molecular formula is C18H17FN4O. The fourth-order valence-corrected chi connectivity index (χ4v) is 3.11. The van der Waals surface area contributed by atoms with Crippen LogP contribution in [0.5, 0.6) is 0 Å². The molecule has 0 unspecified atom stereocenters. The summed E-state index contributed by atoms with van der Waals surface area (Å²) in [6.45, 7) is 2.21. The molecule has 0 atom stereocenters. The smallest absolute Gasteiger partial charge is 0.276 e. The van der Waals surface area contributed by atoms with Crippen molar-refractivity contribution in [2.24, 2.45) is 0 Å². The number of halogens is 1. The van der Waals surface area contributed by atoms with Crippen LogP contribution < -0.4 is 5.56 Å². The maximum absolute atomic E-state index is 13.0. The van der Waals surface area contributed by atoms with Gasteiger partial charge in [0.25, 0.3) is 5.56 Å². The summed E-state index contributed by atoms with van der Waals surface area (Å²) < 4.78 is 14.5. The van der Waals surface area contributed by atoms with E-state index in [1.54, 1.807) is 24.4 Å². The number of hydrogen-bond acceptors (Lipinski definition) is 3. The van der Waals surface area contributed by atoms with Crippen LogP contribution in [-0.4, -0.2) is 26.2 Å². The van der Waals surface area contributed by atoms with Gasteiger partial charge in [0, 0.05) is 31.4 Å². The van der Waals surface area contributed by atoms with Gasteiger partial charge in [0.2, 0.25) is 0 Å². The Labute approximate surface area is 138 Å². The van der Waals surface area contributed by atoms with Crippen molar-refractivity contribution >= 4 is 0 Å². The number of nitrogens with zero attached hydrogens (tertiary/aromatic N) is 3. The molecule has 24 heavy (non-hydrogen) atoms. The van der Waals surface area contributed by atoms with Gasteiger partial charge in [-0.15, -0.1) is 0 Å². The molecule has 6 heteroatoms. The lowest BCUT2D eigenvalue weighted by molar-refractivity contribution is 0.242. The minimum Gasteiger partial charge on any atom is -0.293 e. The van der Waals surface area contributed by atoms with Crippen LogP contribution in [0.1, 0.15) is 16.8 Å². The fraction of sp³-hybridized carbons (Fsp3) is 0.222. The second-order valence-electron chi connectivity index (χ2n) is 5.98. The number of aromatic amines is 1. The predicted octanol–water partition coefficient (Wildman–Crippen LogP) is 2.26. The molecule has 0 saturated carbocycles. The van der Waals surface area contributed by atoms with Crippen molar-refractivity contribution in [1.29, 1.82) is 0 Å². The molecule has 3 heterocycles. The predicted molar refractivity (Wildman–Crippen MR) is 88.4 cm³/mol. The number of hydrogen-bond donors (Lipinski definition) is 1. The van der Waals surface area contributed by atoms with Crippen molar-refractivity contribution < 1.29 is 4.39 Å². The van der Waals surface area contributed by atoms with E-state index in [9.17, 15) is 9.18 Å². The van der Waals surface area contributed by atoms with E-state index < -0.39 is 0 Å². The van der Waals surface area contributed by atoms with Gasteiger partial charge in [-0.2, -0.15) is 0 Å². The summed E-state index contributed by atoms with van der Waals surface area (Å²) in [5, 5.41) is 3.18. The molecule has 1 aromatic carbocycles. The maximum Gasteiger partial charge on any atom is 0.276 e. The molecule has 5 nitrogen and oxygen atoms in total. The number of fused-ring (bicyclic) bond motifs is 1. The summed E-state index contributed by atoms with van der Waals surface area (Å²) in [7, 11) is 0. The first-order valence-corrected chi connectivity index (χ1v) is 7.92. The van der Waals surface area contributed by atoms with Crippen LogP contribution in [0.3, 0.4) is 0 Å². The Bertz CT molecular complexity index is 899. The lowest BCUT2D eigenvalue weighted by Gasteiger charge is -2.25. The van der Waals surface area contributed by atoms with E-state index in [4.69, 9.17) is 0 Å². The SMILES string of the molecule is O=c1c2c([nH]n1-c1ccccn1)CN(Cc1ccc(F)cc1)CC2. The number of H-pyrrole nitrogens is 1. The molecule has 0 radical (unpaired) electrons. The van der Waals surface area contributed by atoms with Crippen LogP contribution in [0.25, 0.3) is 5.82 Å². The Morgan fingerprint density at radius 1 is 1.17 bits per heavy atom. The number of rotatable bonds is 3. The fourth-order valence-electron chi connectivity index (χ4n) is 3.11. The van der Waals surface area contributed by atoms with Crippen LogP contribution in [0.2, 0.25) is 0 Å². The zero-order valence-electron chi connectivity index (χ0n) is 13.1. The van der Waals surface area contributed by atoms with Crippen LogP contribution in [-0.2, 0) is 19.5 Å². The lowest BCUT2D eigenvalue weighted by atomic mass is 10.1. The molecule has 1 aliphatic heterocycles. The largest absolute Gasteiger partial charge is 0.293 e. The van der Waals surface area contributed by atoms with Crippen molar-refractivity contribution in [1.82, 2.24) is 19.7 Å². The lowest BCUT2D eigenvalue weighted by Crippen LogP contribution is -2.31. The third-order valence-electron chi connectivity index (χ3n) is 4.33. The van der Waals surface area contributed by atoms with Crippen LogP contribution >= 0.6 is 0 Å². The summed E-state index contributed by atoms with van der Waals surface area (Å²) in [6, 6.07) is 12.0. The van der Waals surface area contributed by atoms with Gasteiger partial charge in [-0.05, 0) is 36.2 Å². The molecular weight excluding hydrogens is 307 g/mol. The van der Waals surface area contributed by atoms with Gasteiger partial charge in [0.1, 0.15) is 5.82 Å². The normalized spacial score (nSPS) is 14.5. The Morgan fingerprint density at radius 2 is 2.00 bits per heavy atom. The van der Waals surface area contributed by atoms with Crippen molar-refractivity contribution in [3.63, 3.8) is 0 Å². The average molecular weight is 324 g/mol. The van der Waals surface area contributed by atoms with Gasteiger partial charge in [0.15, 0.2) is 5.82 Å². The number of pyridine rings is 1. The molecule has 3 aromatic rings. The Morgan fingerprint density at radius 3 is 2.75 bits per heavy atom. The highest BCUT2D eigenvalue weighted by molar-refractivity contribution is 5.28. The first-order valence-electron chi connectivity index (χ1n) is 7.92. The number of aromatic nitrogens is 3. The highest BCUT2D eigenvalue weighted by atomic mass is 19.1. The number of benzene rings is 1. The number of nitrogens with one attached hydrogen (secondary N) is 1. The Balaban J connectivity index is 1.57. The summed E-state index contributed by atoms with van der Waals surface area (Å²) in [4.78, 5) is 19.0. The minimum atomic E-state index is -0.226. The first-order chi connectivity index (χ1) is 11.7. The Hall–Kier alpha value is -2.73. The van der Waals surface area contributed by atoms with Crippen molar-refractivity contribution in [2.75, 3.05) is 6.54 Å². The third kappa shape index (κ3) is 2.76. The molecule has 0 aliphatic carbocycles. The molecule has 122 valence electrons. The summed E-state index contributed by atoms with van der Waals surface area (Å²) in [5.74, 6) is 0.374. The molecule has 0 amide bonds. The average Bonchev–Trinajstić information content (AvgIpc) is 2.94. The molecule has 0 spiro atoms. The van der Waals surface area contributed by atoms with Gasteiger partial charge in [-0.3, -0.25) is 14.8 Å². The van der Waals surface area contributed by atoms with Gasteiger partial charge in [0.05, 0.1) is 5.69 Å². The quantitative estimate of drug-likeness (QED) is 0.804. The zero-order valence-corrected chi connectivity index (χ0v) is 13.1. The highest BCUT2D eigenvalue weighted by Crippen LogP contribution is 2.18. The van der Waals surface area contributed by atoms with Gasteiger partial charge >= 0.3 is 0 Å². The molecule has 1 N–H and O–H groups in total. The van der Waals surface area contributed by atoms with E-state index in [1.807, 2.05) is 12.1 Å². The summed E-state index contributed by atoms with van der Waals surface area (Å²) in [5.41, 5.74) is 2.80. The standard InChI is InChI=1S/C18H17FN4O/c19-14-6-4-13(5-7-14)11-22-10-8-15-16(12-22)21-23(18(15)24)17-3-1-2-9-20-17/h1-7,9,21H,8,10-12H2. The minimum absolute atomic E-state index is 0.0230. The molecule has 4 rings (SSSR count). The highest BCUT2D eigenvalue weighted by Gasteiger charge is 2.23. The van der Waals surface area contributed by atoms with Crippen LogP contribution in [0.15, 0.2) is 53.5 Å². The van der Waals surface area contributed by atoms with E-state index in [-0.39, 0.29) is 11.4 Å². The maximum atomic E-state index is 13.0. The van der Waals surface area contributed by atoms with E-state index >= 15 is 0 Å². The third-order valence-corrected chi connectivity index (χ3v) is 4.33. The van der Waals surface area contributed by atoms with Crippen molar-refractivity contribution in [3.8, 4) is 5.82 Å². The van der Waals surface area contributed by atoms with Crippen LogP contribution in [0.4, 0.5) is 4.39 Å². The molecule has 1 aliphatic rings. The van der Waals surface area contributed by atoms with E-state index in [0.717, 1.165) is 29.9 Å². The van der Waals surface area contributed by atoms with E-state index in [0.29, 0.717) is 18.8 Å². The summed E-state index contributed by atoms with van der Waals surface area (Å²) in [6.07, 6.45) is 2.37. The topological polar surface area (TPSA) is 53.9 Å². The molecule has 0 fully saturated rings. The molecule has 2 aromatic heterocycles. The second kappa shape index (κ2) is 6.05. The van der Waals surface area contributed by atoms with E-state index in [2.05, 4.69) is 15.0 Å². The van der Waals surface area contributed by atoms with Crippen LogP contribution in [0, 0.1) is 5.82 Å². The second-order valence-corrected chi connectivity index (χ2v) is 5.98. The van der Waals surface area contributed by atoms with Crippen molar-refractivity contribution in [3.05, 3.63) is 81.7 Å². The molecule has 0 bridgehead atoms. The zero-order chi connectivity index (χ0) is 16.5. The van der Waals surface area contributed by atoms with Gasteiger partial charge < -0.3 is 0 Å².